The van der Waals surface area contributed by atoms with Gasteiger partial charge in [-0.3, -0.25) is 9.59 Å². The quantitative estimate of drug-likeness (QED) is 0.655. The minimum atomic E-state index is -1.64. The second-order valence-electron chi connectivity index (χ2n) is 10.4. The predicted molar refractivity (Wildman–Crippen MR) is 111 cm³/mol. The van der Waals surface area contributed by atoms with E-state index in [0.29, 0.717) is 25.7 Å². The highest BCUT2D eigenvalue weighted by Crippen LogP contribution is 2.67. The molecule has 0 amide bonds. The van der Waals surface area contributed by atoms with E-state index in [1.165, 1.54) is 0 Å². The van der Waals surface area contributed by atoms with Crippen LogP contribution in [-0.2, 0) is 19.1 Å². The molecule has 0 aromatic rings. The lowest BCUT2D eigenvalue weighted by Crippen LogP contribution is -2.62. The highest BCUT2D eigenvalue weighted by molar-refractivity contribution is 5.92. The van der Waals surface area contributed by atoms with Crippen LogP contribution in [0.5, 0.6) is 0 Å². The molecule has 4 aliphatic rings. The van der Waals surface area contributed by atoms with Crippen LogP contribution in [0.3, 0.4) is 0 Å². The third-order valence-corrected chi connectivity index (χ3v) is 9.09. The summed E-state index contributed by atoms with van der Waals surface area (Å²) in [6.07, 6.45) is 4.43. The molecule has 4 aliphatic carbocycles. The minimum Gasteiger partial charge on any atom is -0.435 e. The van der Waals surface area contributed by atoms with Gasteiger partial charge < -0.3 is 19.7 Å². The molecule has 7 heteroatoms. The number of carbonyl (C=O) groups is 3. The van der Waals surface area contributed by atoms with Crippen LogP contribution >= 0.6 is 0 Å². The average molecular weight is 435 g/mol. The molecule has 3 saturated carbocycles. The SMILES string of the molecule is CCOC(=O)OCC(=O)[C@]1(O)CC[C@@H]2[C@H]3CCC4=CC(=O)CC[C@]4(C)[C@@H]3[C@@H](O)C[C@@]21C. The van der Waals surface area contributed by atoms with Crippen molar-refractivity contribution in [1.29, 1.82) is 0 Å². The first-order valence-corrected chi connectivity index (χ1v) is 11.5. The molecule has 7 nitrogen and oxygen atoms in total. The van der Waals surface area contributed by atoms with Gasteiger partial charge in [0.1, 0.15) is 5.60 Å². The zero-order chi connectivity index (χ0) is 22.6. The van der Waals surface area contributed by atoms with E-state index in [4.69, 9.17) is 9.47 Å². The first-order valence-electron chi connectivity index (χ1n) is 11.5. The van der Waals surface area contributed by atoms with Crippen molar-refractivity contribution in [1.82, 2.24) is 0 Å². The van der Waals surface area contributed by atoms with Gasteiger partial charge in [0, 0.05) is 11.8 Å². The van der Waals surface area contributed by atoms with E-state index >= 15 is 0 Å². The van der Waals surface area contributed by atoms with E-state index in [2.05, 4.69) is 6.92 Å². The third-order valence-electron chi connectivity index (χ3n) is 9.09. The van der Waals surface area contributed by atoms with Gasteiger partial charge in [-0.25, -0.2) is 4.79 Å². The fourth-order valence-corrected chi connectivity index (χ4v) is 7.55. The average Bonchev–Trinajstić information content (AvgIpc) is 2.98. The number of fused-ring (bicyclic) bond motifs is 5. The molecule has 0 radical (unpaired) electrons. The molecule has 4 rings (SSSR count). The predicted octanol–water partition coefficient (Wildman–Crippen LogP) is 2.96. The number of ether oxygens (including phenoxy) is 2. The highest BCUT2D eigenvalue weighted by atomic mass is 16.7. The van der Waals surface area contributed by atoms with Crippen LogP contribution in [0.25, 0.3) is 0 Å². The second kappa shape index (κ2) is 7.69. The Bertz CT molecular complexity index is 819. The maximum atomic E-state index is 13.0. The van der Waals surface area contributed by atoms with E-state index < -0.39 is 35.7 Å². The van der Waals surface area contributed by atoms with Crippen molar-refractivity contribution >= 4 is 17.7 Å². The van der Waals surface area contributed by atoms with Crippen molar-refractivity contribution in [3.63, 3.8) is 0 Å². The molecule has 0 aliphatic heterocycles. The van der Waals surface area contributed by atoms with Gasteiger partial charge in [0.15, 0.2) is 12.4 Å². The van der Waals surface area contributed by atoms with Crippen LogP contribution in [-0.4, -0.2) is 52.9 Å². The minimum absolute atomic E-state index is 0.0203. The third kappa shape index (κ3) is 3.27. The Morgan fingerprint density at radius 1 is 1.16 bits per heavy atom. The molecule has 3 fully saturated rings. The van der Waals surface area contributed by atoms with Gasteiger partial charge in [-0.2, -0.15) is 0 Å². The van der Waals surface area contributed by atoms with Gasteiger partial charge in [0.05, 0.1) is 12.7 Å². The number of hydrogen-bond donors (Lipinski definition) is 2. The van der Waals surface area contributed by atoms with Crippen LogP contribution in [0.4, 0.5) is 4.79 Å². The lowest BCUT2D eigenvalue weighted by molar-refractivity contribution is -0.182. The normalized spacial score (nSPS) is 43.9. The van der Waals surface area contributed by atoms with Crippen LogP contribution in [0, 0.1) is 28.6 Å². The Balaban J connectivity index is 1.59. The van der Waals surface area contributed by atoms with E-state index in [9.17, 15) is 24.6 Å². The smallest absolute Gasteiger partial charge is 0.435 e. The fraction of sp³-hybridized carbons (Fsp3) is 0.792. The molecule has 0 spiro atoms. The number of Topliss-reactive ketones (excluding diaryl/α,β-unsaturated/α-hetero) is 1. The van der Waals surface area contributed by atoms with Gasteiger partial charge in [0.25, 0.3) is 0 Å². The van der Waals surface area contributed by atoms with Crippen LogP contribution in [0.2, 0.25) is 0 Å². The number of aliphatic hydroxyl groups excluding tert-OH is 1. The lowest BCUT2D eigenvalue weighted by Gasteiger charge is -2.60. The molecule has 0 aromatic heterocycles. The Morgan fingerprint density at radius 3 is 2.61 bits per heavy atom. The van der Waals surface area contributed by atoms with Gasteiger partial charge in [-0.15, -0.1) is 0 Å². The van der Waals surface area contributed by atoms with E-state index in [-0.39, 0.29) is 35.6 Å². The number of carbonyl (C=O) groups excluding carboxylic acids is 3. The van der Waals surface area contributed by atoms with Crippen molar-refractivity contribution < 1.29 is 34.1 Å². The Labute approximate surface area is 183 Å². The van der Waals surface area contributed by atoms with Crippen molar-refractivity contribution in [3.8, 4) is 0 Å². The van der Waals surface area contributed by atoms with E-state index in [0.717, 1.165) is 24.8 Å². The molecule has 0 unspecified atom stereocenters. The molecule has 2 N–H and O–H groups in total. The topological polar surface area (TPSA) is 110 Å². The molecule has 172 valence electrons. The first kappa shape index (κ1) is 22.5. The Morgan fingerprint density at radius 2 is 1.90 bits per heavy atom. The number of hydrogen-bond acceptors (Lipinski definition) is 7. The number of ketones is 2. The summed E-state index contributed by atoms with van der Waals surface area (Å²) in [7, 11) is 0. The summed E-state index contributed by atoms with van der Waals surface area (Å²) in [5.41, 5.74) is -1.49. The molecule has 7 atom stereocenters. The zero-order valence-corrected chi connectivity index (χ0v) is 18.7. The van der Waals surface area contributed by atoms with Gasteiger partial charge in [0.2, 0.25) is 5.78 Å². The fourth-order valence-electron chi connectivity index (χ4n) is 7.55. The Kier molecular flexibility index (Phi) is 5.58. The van der Waals surface area contributed by atoms with Crippen molar-refractivity contribution in [3.05, 3.63) is 11.6 Å². The molecule has 0 heterocycles. The van der Waals surface area contributed by atoms with Gasteiger partial charge >= 0.3 is 6.16 Å². The summed E-state index contributed by atoms with van der Waals surface area (Å²) in [5.74, 6) is -0.0668. The summed E-state index contributed by atoms with van der Waals surface area (Å²) < 4.78 is 9.62. The van der Waals surface area contributed by atoms with Crippen LogP contribution in [0.15, 0.2) is 11.6 Å². The van der Waals surface area contributed by atoms with Gasteiger partial charge in [-0.05, 0) is 74.7 Å². The number of aliphatic hydroxyl groups is 2. The lowest BCUT2D eigenvalue weighted by atomic mass is 9.45. The largest absolute Gasteiger partial charge is 0.508 e. The highest BCUT2D eigenvalue weighted by Gasteiger charge is 2.68. The second-order valence-corrected chi connectivity index (χ2v) is 10.4. The van der Waals surface area contributed by atoms with E-state index in [1.807, 2.05) is 6.92 Å². The summed E-state index contributed by atoms with van der Waals surface area (Å²) in [4.78, 5) is 36.5. The zero-order valence-electron chi connectivity index (χ0n) is 18.7. The molecule has 0 bridgehead atoms. The first-order chi connectivity index (χ1) is 14.6. The maximum absolute atomic E-state index is 13.0. The van der Waals surface area contributed by atoms with E-state index in [1.54, 1.807) is 13.0 Å². The van der Waals surface area contributed by atoms with Crippen LogP contribution < -0.4 is 0 Å². The van der Waals surface area contributed by atoms with Crippen molar-refractivity contribution in [2.75, 3.05) is 13.2 Å². The van der Waals surface area contributed by atoms with Crippen molar-refractivity contribution in [2.24, 2.45) is 28.6 Å². The molecular weight excluding hydrogens is 400 g/mol. The maximum Gasteiger partial charge on any atom is 0.508 e. The monoisotopic (exact) mass is 434 g/mol. The molecule has 31 heavy (non-hydrogen) atoms. The number of rotatable bonds is 4. The van der Waals surface area contributed by atoms with Crippen LogP contribution in [0.1, 0.15) is 65.7 Å². The summed E-state index contributed by atoms with van der Waals surface area (Å²) in [6, 6.07) is 0. The molecule has 0 aromatic carbocycles. The summed E-state index contributed by atoms with van der Waals surface area (Å²) in [5, 5.41) is 22.9. The standard InChI is InChI=1S/C24H34O7/c1-4-30-21(28)31-13-19(27)24(29)10-8-17-16-6-5-14-11-15(25)7-9-22(14,2)20(16)18(26)12-23(17,24)3/h11,16-18,20,26,29H,4-10,12-13H2,1-3H3/t16-,17-,18+,20+,22+,23+,24-/m1/s1. The Hall–Kier alpha value is -1.73. The van der Waals surface area contributed by atoms with Crippen molar-refractivity contribution in [2.45, 2.75) is 77.4 Å². The molecule has 0 saturated heterocycles. The number of allylic oxidation sites excluding steroid dienone is 1. The summed E-state index contributed by atoms with van der Waals surface area (Å²) in [6.45, 7) is 5.34. The summed E-state index contributed by atoms with van der Waals surface area (Å²) >= 11 is 0. The van der Waals surface area contributed by atoms with Gasteiger partial charge in [-0.1, -0.05) is 19.4 Å². The molecular formula is C24H34O7.